The van der Waals surface area contributed by atoms with Crippen LogP contribution >= 0.6 is 0 Å². The van der Waals surface area contributed by atoms with E-state index in [-0.39, 0.29) is 35.4 Å². The summed E-state index contributed by atoms with van der Waals surface area (Å²) < 4.78 is 17.8. The summed E-state index contributed by atoms with van der Waals surface area (Å²) in [4.78, 5) is 36.4. The van der Waals surface area contributed by atoms with E-state index in [1.54, 1.807) is 0 Å². The number of hydrogen-bond acceptors (Lipinski definition) is 7. The molecule has 7 rings (SSSR count). The molecule has 5 aliphatic carbocycles. The van der Waals surface area contributed by atoms with Crippen LogP contribution < -0.4 is 10.1 Å². The minimum Gasteiger partial charge on any atom is -0.444 e. The van der Waals surface area contributed by atoms with Gasteiger partial charge in [0.1, 0.15) is 11.4 Å². The highest BCUT2D eigenvalue weighted by Gasteiger charge is 2.70. The SMILES string of the molecule is CC(=O)Oc1ccc([C@@H]2CCC[C@]3(C2)OOC2(O3)[C@@H]3CC4C[C@H]2CC(NC(=O)OC(C)(C)C)(C4)C3)cc1. The first kappa shape index (κ1) is 25.1. The Morgan fingerprint density at radius 2 is 1.70 bits per heavy atom. The highest BCUT2D eigenvalue weighted by atomic mass is 17.3. The van der Waals surface area contributed by atoms with E-state index in [2.05, 4.69) is 5.32 Å². The van der Waals surface area contributed by atoms with Gasteiger partial charge in [0.25, 0.3) is 0 Å². The van der Waals surface area contributed by atoms with E-state index < -0.39 is 17.2 Å². The van der Waals surface area contributed by atoms with E-state index in [1.165, 1.54) is 12.5 Å². The van der Waals surface area contributed by atoms with Crippen LogP contribution in [0.2, 0.25) is 0 Å². The van der Waals surface area contributed by atoms with E-state index in [1.807, 2.05) is 45.0 Å². The van der Waals surface area contributed by atoms with E-state index >= 15 is 0 Å². The lowest BCUT2D eigenvalue weighted by Gasteiger charge is -2.62. The summed E-state index contributed by atoms with van der Waals surface area (Å²) >= 11 is 0. The summed E-state index contributed by atoms with van der Waals surface area (Å²) in [6, 6.07) is 7.76. The van der Waals surface area contributed by atoms with Gasteiger partial charge >= 0.3 is 12.1 Å². The van der Waals surface area contributed by atoms with Crippen LogP contribution in [0.5, 0.6) is 5.75 Å². The van der Waals surface area contributed by atoms with Crippen LogP contribution in [0, 0.1) is 17.8 Å². The predicted molar refractivity (Wildman–Crippen MR) is 133 cm³/mol. The van der Waals surface area contributed by atoms with Gasteiger partial charge in [-0.1, -0.05) is 12.1 Å². The Kier molecular flexibility index (Phi) is 5.90. The summed E-state index contributed by atoms with van der Waals surface area (Å²) in [6.07, 6.45) is 7.94. The van der Waals surface area contributed by atoms with Crippen molar-refractivity contribution in [2.75, 3.05) is 0 Å². The van der Waals surface area contributed by atoms with E-state index in [0.29, 0.717) is 11.7 Å². The number of carbonyl (C=O) groups is 2. The number of alkyl carbamates (subject to hydrolysis) is 1. The standard InChI is InChI=1S/C29H39NO7/c1-18(31)33-24-9-7-20(8-10-24)21-6-5-11-28(15-21)35-29(37-36-28)22-12-19-13-23(29)17-27(14-19,16-22)30-25(32)34-26(2,3)4/h7-10,19,21-23H,5-6,11-17H2,1-4H3,(H,30,32)/t19?,21-,22-,23+,27?,28-,29?/m1/s1. The number of nitrogens with one attached hydrogen (secondary N) is 1. The quantitative estimate of drug-likeness (QED) is 0.313. The summed E-state index contributed by atoms with van der Waals surface area (Å²) in [5.74, 6) is -0.0749. The van der Waals surface area contributed by atoms with Gasteiger partial charge < -0.3 is 19.5 Å². The van der Waals surface area contributed by atoms with E-state index in [4.69, 9.17) is 24.0 Å². The molecular formula is C29H39NO7. The molecule has 37 heavy (non-hydrogen) atoms. The van der Waals surface area contributed by atoms with Crippen molar-refractivity contribution in [1.82, 2.24) is 5.32 Å². The second kappa shape index (κ2) is 8.68. The normalized spacial score (nSPS) is 40.2. The number of ether oxygens (including phenoxy) is 3. The highest BCUT2D eigenvalue weighted by Crippen LogP contribution is 2.65. The third-order valence-corrected chi connectivity index (χ3v) is 9.04. The van der Waals surface area contributed by atoms with Crippen LogP contribution in [-0.4, -0.2) is 34.8 Å². The van der Waals surface area contributed by atoms with Gasteiger partial charge in [0.15, 0.2) is 0 Å². The third kappa shape index (κ3) is 4.66. The summed E-state index contributed by atoms with van der Waals surface area (Å²) in [6.45, 7) is 7.08. The average Bonchev–Trinajstić information content (AvgIpc) is 3.15. The van der Waals surface area contributed by atoms with Crippen molar-refractivity contribution in [2.24, 2.45) is 17.8 Å². The Balaban J connectivity index is 1.16. The van der Waals surface area contributed by atoms with Crippen molar-refractivity contribution in [3.63, 3.8) is 0 Å². The van der Waals surface area contributed by atoms with Crippen LogP contribution in [0.1, 0.15) is 97.0 Å². The molecule has 8 heteroatoms. The molecule has 5 saturated carbocycles. The second-order valence-corrected chi connectivity index (χ2v) is 13.1. The zero-order valence-corrected chi connectivity index (χ0v) is 22.3. The van der Waals surface area contributed by atoms with Crippen LogP contribution in [0.15, 0.2) is 24.3 Å². The number of amides is 1. The third-order valence-electron chi connectivity index (χ3n) is 9.04. The topological polar surface area (TPSA) is 92.3 Å². The van der Waals surface area contributed by atoms with Crippen molar-refractivity contribution >= 4 is 12.1 Å². The minimum atomic E-state index is -0.751. The van der Waals surface area contributed by atoms with E-state index in [0.717, 1.165) is 57.8 Å². The molecule has 6 fully saturated rings. The number of rotatable bonds is 3. The largest absolute Gasteiger partial charge is 0.444 e. The highest BCUT2D eigenvalue weighted by molar-refractivity contribution is 5.69. The molecule has 8 nitrogen and oxygen atoms in total. The van der Waals surface area contributed by atoms with E-state index in [9.17, 15) is 9.59 Å². The molecule has 7 atom stereocenters. The molecule has 0 radical (unpaired) electrons. The Morgan fingerprint density at radius 1 is 1.00 bits per heavy atom. The Bertz CT molecular complexity index is 1050. The molecule has 1 aliphatic heterocycles. The van der Waals surface area contributed by atoms with Gasteiger partial charge in [0.2, 0.25) is 11.6 Å². The van der Waals surface area contributed by atoms with Gasteiger partial charge in [0.05, 0.1) is 0 Å². The Labute approximate surface area is 218 Å². The molecule has 1 amide bonds. The molecule has 3 unspecified atom stereocenters. The fourth-order valence-electron chi connectivity index (χ4n) is 7.99. The van der Waals surface area contributed by atoms with Gasteiger partial charge in [-0.3, -0.25) is 4.79 Å². The number of carbonyl (C=O) groups excluding carboxylic acids is 2. The number of benzene rings is 1. The molecule has 1 heterocycles. The van der Waals surface area contributed by atoms with Crippen LogP contribution in [0.4, 0.5) is 4.79 Å². The van der Waals surface area contributed by atoms with Gasteiger partial charge in [-0.2, -0.15) is 9.78 Å². The molecule has 1 aromatic carbocycles. The first-order valence-corrected chi connectivity index (χ1v) is 13.8. The molecule has 0 aromatic heterocycles. The second-order valence-electron chi connectivity index (χ2n) is 13.1. The van der Waals surface area contributed by atoms with Crippen molar-refractivity contribution in [1.29, 1.82) is 0 Å². The monoisotopic (exact) mass is 513 g/mol. The van der Waals surface area contributed by atoms with Crippen molar-refractivity contribution in [2.45, 2.75) is 114 Å². The molecule has 4 bridgehead atoms. The summed E-state index contributed by atoms with van der Waals surface area (Å²) in [7, 11) is 0. The zero-order chi connectivity index (χ0) is 26.1. The maximum Gasteiger partial charge on any atom is 0.408 e. The van der Waals surface area contributed by atoms with Gasteiger partial charge in [0, 0.05) is 37.1 Å². The zero-order valence-electron chi connectivity index (χ0n) is 22.3. The summed E-state index contributed by atoms with van der Waals surface area (Å²) in [5.41, 5.74) is 0.406. The summed E-state index contributed by atoms with van der Waals surface area (Å²) in [5, 5.41) is 3.26. The van der Waals surface area contributed by atoms with Crippen LogP contribution in [0.3, 0.4) is 0 Å². The smallest absolute Gasteiger partial charge is 0.408 e. The van der Waals surface area contributed by atoms with Crippen LogP contribution in [-0.2, 0) is 24.0 Å². The molecule has 202 valence electrons. The minimum absolute atomic E-state index is 0.177. The molecule has 2 spiro atoms. The van der Waals surface area contributed by atoms with Crippen LogP contribution in [0.25, 0.3) is 0 Å². The predicted octanol–water partition coefficient (Wildman–Crippen LogP) is 5.74. The maximum absolute atomic E-state index is 12.7. The van der Waals surface area contributed by atoms with Gasteiger partial charge in [-0.05, 0) is 95.2 Å². The van der Waals surface area contributed by atoms with Crippen molar-refractivity contribution < 1.29 is 33.6 Å². The van der Waals surface area contributed by atoms with Crippen molar-refractivity contribution in [3.8, 4) is 5.75 Å². The molecule has 1 saturated heterocycles. The lowest BCUT2D eigenvalue weighted by molar-refractivity contribution is -0.391. The number of esters is 1. The van der Waals surface area contributed by atoms with Crippen molar-refractivity contribution in [3.05, 3.63) is 29.8 Å². The number of hydrogen-bond donors (Lipinski definition) is 1. The molecule has 6 aliphatic rings. The average molecular weight is 514 g/mol. The molecular weight excluding hydrogens is 474 g/mol. The lowest BCUT2D eigenvalue weighted by Crippen LogP contribution is -2.69. The maximum atomic E-state index is 12.7. The Morgan fingerprint density at radius 3 is 2.35 bits per heavy atom. The van der Waals surface area contributed by atoms with Gasteiger partial charge in [-0.25, -0.2) is 4.79 Å². The fraction of sp³-hybridized carbons (Fsp3) is 0.724. The first-order chi connectivity index (χ1) is 17.5. The fourth-order valence-corrected chi connectivity index (χ4v) is 7.99. The Hall–Kier alpha value is -2.16. The first-order valence-electron chi connectivity index (χ1n) is 13.8. The lowest BCUT2D eigenvalue weighted by atomic mass is 9.50. The van der Waals surface area contributed by atoms with Gasteiger partial charge in [-0.15, -0.1) is 0 Å². The molecule has 1 N–H and O–H groups in total. The molecule has 1 aromatic rings.